The second-order valence-electron chi connectivity index (χ2n) is 7.86. The summed E-state index contributed by atoms with van der Waals surface area (Å²) in [5.41, 5.74) is 4.28. The van der Waals surface area contributed by atoms with Gasteiger partial charge in [0.15, 0.2) is 6.61 Å². The van der Waals surface area contributed by atoms with E-state index < -0.39 is 28.5 Å². The van der Waals surface area contributed by atoms with Crippen molar-refractivity contribution in [1.29, 1.82) is 0 Å². The molecule has 8 heteroatoms. The number of benzene rings is 3. The highest BCUT2D eigenvalue weighted by Gasteiger charge is 2.31. The third-order valence-electron chi connectivity index (χ3n) is 5.72. The van der Waals surface area contributed by atoms with Crippen LogP contribution < -0.4 is 9.62 Å². The summed E-state index contributed by atoms with van der Waals surface area (Å²) in [6, 6.07) is 18.6. The highest BCUT2D eigenvalue weighted by Crippen LogP contribution is 2.32. The molecule has 0 saturated carbocycles. The molecule has 1 N–H and O–H groups in total. The summed E-state index contributed by atoms with van der Waals surface area (Å²) in [6.07, 6.45) is 0.632. The highest BCUT2D eigenvalue weighted by molar-refractivity contribution is 7.92. The van der Waals surface area contributed by atoms with Crippen LogP contribution in [0.5, 0.6) is 0 Å². The molecule has 3 aromatic rings. The number of sulfonamides is 1. The fraction of sp³-hybridized carbons (Fsp3) is 0.200. The van der Waals surface area contributed by atoms with Crippen LogP contribution in [0.2, 0.25) is 0 Å². The summed E-state index contributed by atoms with van der Waals surface area (Å²) in [6.45, 7) is 3.69. The smallest absolute Gasteiger partial charge is 0.338 e. The minimum absolute atomic E-state index is 0.00603. The number of ether oxygens (including phenoxy) is 1. The Morgan fingerprint density at radius 3 is 2.58 bits per heavy atom. The average Bonchev–Trinajstić information content (AvgIpc) is 3.26. The van der Waals surface area contributed by atoms with Gasteiger partial charge in [-0.25, -0.2) is 13.2 Å². The van der Waals surface area contributed by atoms with Crippen molar-refractivity contribution in [1.82, 2.24) is 0 Å². The molecule has 0 radical (unpaired) electrons. The Morgan fingerprint density at radius 1 is 1.00 bits per heavy atom. The molecular formula is C25H24N2O5S. The number of amides is 1. The van der Waals surface area contributed by atoms with Gasteiger partial charge < -0.3 is 10.1 Å². The standard InChI is InChI=1S/C25H24N2O5S/c1-17-7-5-11-22(18(17)2)26-24(28)16-32-25(29)20-9-6-10-21(15-20)33(30,31)27-14-13-19-8-3-4-12-23(19)27/h3-12,15H,13-14,16H2,1-2H3,(H,26,28). The van der Waals surface area contributed by atoms with Crippen LogP contribution in [-0.2, 0) is 26.0 Å². The number of nitrogens with zero attached hydrogens (tertiary/aromatic N) is 1. The molecule has 1 aliphatic heterocycles. The van der Waals surface area contributed by atoms with Crippen LogP contribution in [0.25, 0.3) is 0 Å². The van der Waals surface area contributed by atoms with Crippen LogP contribution in [0, 0.1) is 13.8 Å². The summed E-state index contributed by atoms with van der Waals surface area (Å²) in [7, 11) is -3.84. The summed E-state index contributed by atoms with van der Waals surface area (Å²) >= 11 is 0. The van der Waals surface area contributed by atoms with E-state index in [1.54, 1.807) is 18.2 Å². The maximum Gasteiger partial charge on any atom is 0.338 e. The van der Waals surface area contributed by atoms with Crippen molar-refractivity contribution in [2.45, 2.75) is 25.2 Å². The average molecular weight is 465 g/mol. The predicted octanol–water partition coefficient (Wildman–Crippen LogP) is 3.85. The van der Waals surface area contributed by atoms with E-state index in [0.29, 0.717) is 24.3 Å². The molecule has 7 nitrogen and oxygen atoms in total. The number of nitrogens with one attached hydrogen (secondary N) is 1. The molecular weight excluding hydrogens is 440 g/mol. The van der Waals surface area contributed by atoms with Crippen molar-refractivity contribution in [2.24, 2.45) is 0 Å². The van der Waals surface area contributed by atoms with E-state index in [1.807, 2.05) is 38.1 Å². The van der Waals surface area contributed by atoms with E-state index in [4.69, 9.17) is 4.74 Å². The molecule has 1 heterocycles. The number of hydrogen-bond donors (Lipinski definition) is 1. The minimum atomic E-state index is -3.84. The number of fused-ring (bicyclic) bond motifs is 1. The topological polar surface area (TPSA) is 92.8 Å². The minimum Gasteiger partial charge on any atom is -0.452 e. The number of para-hydroxylation sites is 1. The lowest BCUT2D eigenvalue weighted by Crippen LogP contribution is -2.29. The van der Waals surface area contributed by atoms with E-state index in [2.05, 4.69) is 5.32 Å². The van der Waals surface area contributed by atoms with Crippen molar-refractivity contribution in [3.05, 3.63) is 89.0 Å². The van der Waals surface area contributed by atoms with E-state index in [-0.39, 0.29) is 10.5 Å². The maximum absolute atomic E-state index is 13.2. The first-order chi connectivity index (χ1) is 15.8. The first-order valence-electron chi connectivity index (χ1n) is 10.5. The number of hydrogen-bond acceptors (Lipinski definition) is 5. The number of aryl methyl sites for hydroxylation is 1. The number of carbonyl (C=O) groups is 2. The number of carbonyl (C=O) groups excluding carboxylic acids is 2. The molecule has 3 aromatic carbocycles. The lowest BCUT2D eigenvalue weighted by molar-refractivity contribution is -0.119. The van der Waals surface area contributed by atoms with E-state index >= 15 is 0 Å². The quantitative estimate of drug-likeness (QED) is 0.560. The summed E-state index contributed by atoms with van der Waals surface area (Å²) in [4.78, 5) is 24.7. The second-order valence-corrected chi connectivity index (χ2v) is 9.72. The molecule has 0 aliphatic carbocycles. The van der Waals surface area contributed by atoms with E-state index in [9.17, 15) is 18.0 Å². The van der Waals surface area contributed by atoms with Gasteiger partial charge >= 0.3 is 5.97 Å². The van der Waals surface area contributed by atoms with Crippen LogP contribution in [-0.4, -0.2) is 33.4 Å². The van der Waals surface area contributed by atoms with Gasteiger partial charge in [0.05, 0.1) is 16.1 Å². The van der Waals surface area contributed by atoms with Gasteiger partial charge in [-0.2, -0.15) is 0 Å². The van der Waals surface area contributed by atoms with Crippen LogP contribution in [0.1, 0.15) is 27.0 Å². The van der Waals surface area contributed by atoms with Crippen molar-refractivity contribution < 1.29 is 22.7 Å². The molecule has 0 fully saturated rings. The Kier molecular flexibility index (Phi) is 6.20. The van der Waals surface area contributed by atoms with Gasteiger partial charge in [0, 0.05) is 12.2 Å². The monoisotopic (exact) mass is 464 g/mol. The first-order valence-corrected chi connectivity index (χ1v) is 12.0. The summed E-state index contributed by atoms with van der Waals surface area (Å²) < 4.78 is 32.9. The molecule has 0 spiro atoms. The number of esters is 1. The van der Waals surface area contributed by atoms with Gasteiger partial charge in [-0.1, -0.05) is 36.4 Å². The molecule has 1 amide bonds. The summed E-state index contributed by atoms with van der Waals surface area (Å²) in [5, 5.41) is 2.72. The fourth-order valence-electron chi connectivity index (χ4n) is 3.76. The zero-order valence-electron chi connectivity index (χ0n) is 18.4. The molecule has 170 valence electrons. The van der Waals surface area contributed by atoms with Crippen LogP contribution >= 0.6 is 0 Å². The first kappa shape index (κ1) is 22.5. The van der Waals surface area contributed by atoms with Crippen molar-refractivity contribution in [3.63, 3.8) is 0 Å². The molecule has 1 aliphatic rings. The molecule has 0 atom stereocenters. The van der Waals surface area contributed by atoms with E-state index in [1.165, 1.54) is 28.6 Å². The molecule has 0 unspecified atom stereocenters. The zero-order chi connectivity index (χ0) is 23.6. The molecule has 0 saturated heterocycles. The Morgan fingerprint density at radius 2 is 1.76 bits per heavy atom. The van der Waals surface area contributed by atoms with Crippen LogP contribution in [0.4, 0.5) is 11.4 Å². The Bertz CT molecular complexity index is 1330. The Hall–Kier alpha value is -3.65. The van der Waals surface area contributed by atoms with Crippen LogP contribution in [0.3, 0.4) is 0 Å². The number of rotatable bonds is 6. The van der Waals surface area contributed by atoms with Crippen molar-refractivity contribution >= 4 is 33.3 Å². The predicted molar refractivity (Wildman–Crippen MR) is 126 cm³/mol. The lowest BCUT2D eigenvalue weighted by Gasteiger charge is -2.19. The van der Waals surface area contributed by atoms with Gasteiger partial charge in [0.2, 0.25) is 0 Å². The van der Waals surface area contributed by atoms with Crippen molar-refractivity contribution in [3.8, 4) is 0 Å². The van der Waals surface area contributed by atoms with Gasteiger partial charge in [-0.15, -0.1) is 0 Å². The normalized spacial score (nSPS) is 12.8. The van der Waals surface area contributed by atoms with Gasteiger partial charge in [0.1, 0.15) is 0 Å². The largest absolute Gasteiger partial charge is 0.452 e. The molecule has 0 aromatic heterocycles. The Balaban J connectivity index is 1.45. The van der Waals surface area contributed by atoms with Crippen molar-refractivity contribution in [2.75, 3.05) is 22.8 Å². The molecule has 4 rings (SSSR count). The fourth-order valence-corrected chi connectivity index (χ4v) is 5.31. The zero-order valence-corrected chi connectivity index (χ0v) is 19.2. The third-order valence-corrected chi connectivity index (χ3v) is 7.52. The highest BCUT2D eigenvalue weighted by atomic mass is 32.2. The van der Waals surface area contributed by atoms with Gasteiger partial charge in [0.25, 0.3) is 15.9 Å². The summed E-state index contributed by atoms with van der Waals surface area (Å²) in [5.74, 6) is -1.25. The molecule has 0 bridgehead atoms. The van der Waals surface area contributed by atoms with Crippen LogP contribution in [0.15, 0.2) is 71.6 Å². The van der Waals surface area contributed by atoms with Gasteiger partial charge in [-0.3, -0.25) is 9.10 Å². The Labute approximate surface area is 193 Å². The van der Waals surface area contributed by atoms with E-state index in [0.717, 1.165) is 16.7 Å². The second kappa shape index (κ2) is 9.07. The third kappa shape index (κ3) is 4.61. The lowest BCUT2D eigenvalue weighted by atomic mass is 10.1. The maximum atomic E-state index is 13.2. The van der Waals surface area contributed by atoms with Gasteiger partial charge in [-0.05, 0) is 67.3 Å². The molecule has 33 heavy (non-hydrogen) atoms. The number of anilines is 2. The SMILES string of the molecule is Cc1cccc(NC(=O)COC(=O)c2cccc(S(=O)(=O)N3CCc4ccccc43)c2)c1C.